The minimum absolute atomic E-state index is 0.0557. The van der Waals surface area contributed by atoms with E-state index in [4.69, 9.17) is 5.73 Å². The van der Waals surface area contributed by atoms with Gasteiger partial charge in [-0.05, 0) is 38.6 Å². The van der Waals surface area contributed by atoms with E-state index in [1.54, 1.807) is 13.8 Å². The first-order valence-electron chi connectivity index (χ1n) is 6.58. The molecule has 3 N–H and O–H groups in total. The Labute approximate surface area is 105 Å². The first-order valence-corrected chi connectivity index (χ1v) is 6.58. The molecular formula is C13H27N3O. The topological polar surface area (TPSA) is 58.4 Å². The summed E-state index contributed by atoms with van der Waals surface area (Å²) in [6.45, 7) is 12.1. The molecule has 0 saturated carbocycles. The Kier molecular flexibility index (Phi) is 4.95. The van der Waals surface area contributed by atoms with Gasteiger partial charge in [0.1, 0.15) is 0 Å². The normalized spacial score (nSPS) is 22.1. The fourth-order valence-corrected chi connectivity index (χ4v) is 2.23. The van der Waals surface area contributed by atoms with Crippen LogP contribution < -0.4 is 11.1 Å². The first kappa shape index (κ1) is 14.5. The molecule has 100 valence electrons. The highest BCUT2D eigenvalue weighted by molar-refractivity contribution is 5.84. The summed E-state index contributed by atoms with van der Waals surface area (Å²) in [5.41, 5.74) is 4.97. The first-order chi connectivity index (χ1) is 7.79. The minimum Gasteiger partial charge on any atom is -0.354 e. The molecule has 1 amide bonds. The number of nitrogens with zero attached hydrogens (tertiary/aromatic N) is 1. The van der Waals surface area contributed by atoms with Crippen molar-refractivity contribution in [3.8, 4) is 0 Å². The standard InChI is InChI=1S/C13H27N3O/c1-10(2)8-16-6-5-11(9-16)7-15-12(17)13(3,4)14/h10-11H,5-9,14H2,1-4H3,(H,15,17). The molecule has 0 aromatic rings. The van der Waals surface area contributed by atoms with Crippen molar-refractivity contribution < 1.29 is 4.79 Å². The maximum absolute atomic E-state index is 11.6. The van der Waals surface area contributed by atoms with Crippen molar-refractivity contribution >= 4 is 5.91 Å². The van der Waals surface area contributed by atoms with Crippen molar-refractivity contribution in [2.75, 3.05) is 26.2 Å². The molecule has 4 nitrogen and oxygen atoms in total. The van der Waals surface area contributed by atoms with E-state index >= 15 is 0 Å². The lowest BCUT2D eigenvalue weighted by molar-refractivity contribution is -0.125. The predicted molar refractivity (Wildman–Crippen MR) is 70.7 cm³/mol. The van der Waals surface area contributed by atoms with Crippen molar-refractivity contribution in [3.05, 3.63) is 0 Å². The summed E-state index contributed by atoms with van der Waals surface area (Å²) in [5, 5.41) is 2.95. The van der Waals surface area contributed by atoms with Gasteiger partial charge in [0, 0.05) is 19.6 Å². The second kappa shape index (κ2) is 5.83. The van der Waals surface area contributed by atoms with Crippen LogP contribution in [-0.4, -0.2) is 42.5 Å². The fraction of sp³-hybridized carbons (Fsp3) is 0.923. The number of hydrogen-bond acceptors (Lipinski definition) is 3. The van der Waals surface area contributed by atoms with Crippen molar-refractivity contribution in [1.29, 1.82) is 0 Å². The van der Waals surface area contributed by atoms with Crippen LogP contribution >= 0.6 is 0 Å². The molecule has 1 rings (SSSR count). The van der Waals surface area contributed by atoms with Gasteiger partial charge < -0.3 is 16.0 Å². The van der Waals surface area contributed by atoms with Gasteiger partial charge in [-0.3, -0.25) is 4.79 Å². The van der Waals surface area contributed by atoms with Crippen LogP contribution in [0.1, 0.15) is 34.1 Å². The van der Waals surface area contributed by atoms with E-state index in [9.17, 15) is 4.79 Å². The Hall–Kier alpha value is -0.610. The van der Waals surface area contributed by atoms with Crippen molar-refractivity contribution in [2.24, 2.45) is 17.6 Å². The van der Waals surface area contributed by atoms with E-state index in [1.807, 2.05) is 0 Å². The summed E-state index contributed by atoms with van der Waals surface area (Å²) >= 11 is 0. The third-order valence-electron chi connectivity index (χ3n) is 3.13. The molecule has 0 spiro atoms. The number of nitrogens with one attached hydrogen (secondary N) is 1. The zero-order chi connectivity index (χ0) is 13.1. The predicted octanol–water partition coefficient (Wildman–Crippen LogP) is 0.818. The van der Waals surface area contributed by atoms with Crippen LogP contribution in [0.15, 0.2) is 0 Å². The van der Waals surface area contributed by atoms with Gasteiger partial charge in [0.2, 0.25) is 5.91 Å². The summed E-state index contributed by atoms with van der Waals surface area (Å²) in [6.07, 6.45) is 1.18. The molecule has 0 aromatic heterocycles. The maximum atomic E-state index is 11.6. The number of nitrogens with two attached hydrogens (primary N) is 1. The van der Waals surface area contributed by atoms with Crippen molar-refractivity contribution in [3.63, 3.8) is 0 Å². The minimum atomic E-state index is -0.768. The summed E-state index contributed by atoms with van der Waals surface area (Å²) < 4.78 is 0. The number of rotatable bonds is 5. The van der Waals surface area contributed by atoms with Gasteiger partial charge in [-0.25, -0.2) is 0 Å². The second-order valence-corrected chi connectivity index (χ2v) is 6.24. The Morgan fingerprint density at radius 3 is 2.71 bits per heavy atom. The van der Waals surface area contributed by atoms with Gasteiger partial charge in [0.25, 0.3) is 0 Å². The van der Waals surface area contributed by atoms with Gasteiger partial charge in [-0.2, -0.15) is 0 Å². The number of likely N-dealkylation sites (tertiary alicyclic amines) is 1. The quantitative estimate of drug-likeness (QED) is 0.749. The summed E-state index contributed by atoms with van der Waals surface area (Å²) in [5.74, 6) is 1.24. The van der Waals surface area contributed by atoms with Gasteiger partial charge in [0.15, 0.2) is 0 Å². The van der Waals surface area contributed by atoms with Crippen LogP contribution in [0.5, 0.6) is 0 Å². The monoisotopic (exact) mass is 241 g/mol. The highest BCUT2D eigenvalue weighted by Crippen LogP contribution is 2.16. The number of carbonyl (C=O) groups excluding carboxylic acids is 1. The highest BCUT2D eigenvalue weighted by atomic mass is 16.2. The van der Waals surface area contributed by atoms with E-state index in [2.05, 4.69) is 24.1 Å². The molecule has 0 radical (unpaired) electrons. The molecule has 1 saturated heterocycles. The van der Waals surface area contributed by atoms with Gasteiger partial charge in [-0.1, -0.05) is 13.8 Å². The van der Waals surface area contributed by atoms with E-state index in [1.165, 1.54) is 6.42 Å². The highest BCUT2D eigenvalue weighted by Gasteiger charge is 2.26. The van der Waals surface area contributed by atoms with Gasteiger partial charge in [-0.15, -0.1) is 0 Å². The van der Waals surface area contributed by atoms with E-state index < -0.39 is 5.54 Å². The lowest BCUT2D eigenvalue weighted by Gasteiger charge is -2.21. The Bertz CT molecular complexity index is 258. The SMILES string of the molecule is CC(C)CN1CCC(CNC(=O)C(C)(C)N)C1. The molecule has 4 heteroatoms. The van der Waals surface area contributed by atoms with Crippen molar-refractivity contribution in [2.45, 2.75) is 39.7 Å². The Balaban J connectivity index is 2.25. The van der Waals surface area contributed by atoms with Gasteiger partial charge in [0.05, 0.1) is 5.54 Å². The average molecular weight is 241 g/mol. The van der Waals surface area contributed by atoms with Crippen LogP contribution in [0.4, 0.5) is 0 Å². The lowest BCUT2D eigenvalue weighted by atomic mass is 10.1. The van der Waals surface area contributed by atoms with Crippen LogP contribution in [0.3, 0.4) is 0 Å². The van der Waals surface area contributed by atoms with Crippen LogP contribution in [-0.2, 0) is 4.79 Å². The second-order valence-electron chi connectivity index (χ2n) is 6.24. The van der Waals surface area contributed by atoms with Crippen molar-refractivity contribution in [1.82, 2.24) is 10.2 Å². The lowest BCUT2D eigenvalue weighted by Crippen LogP contribution is -2.50. The molecular weight excluding hydrogens is 214 g/mol. The van der Waals surface area contributed by atoms with Crippen LogP contribution in [0.25, 0.3) is 0 Å². The number of carbonyl (C=O) groups is 1. The number of amides is 1. The molecule has 1 fully saturated rings. The van der Waals surface area contributed by atoms with Crippen LogP contribution in [0, 0.1) is 11.8 Å². The summed E-state index contributed by atoms with van der Waals surface area (Å²) in [6, 6.07) is 0. The largest absolute Gasteiger partial charge is 0.354 e. The smallest absolute Gasteiger partial charge is 0.239 e. The molecule has 1 aliphatic rings. The molecule has 1 aliphatic heterocycles. The Morgan fingerprint density at radius 2 is 2.18 bits per heavy atom. The zero-order valence-electron chi connectivity index (χ0n) is 11.6. The molecule has 0 aliphatic carbocycles. The maximum Gasteiger partial charge on any atom is 0.239 e. The van der Waals surface area contributed by atoms with E-state index in [-0.39, 0.29) is 5.91 Å². The van der Waals surface area contributed by atoms with Gasteiger partial charge >= 0.3 is 0 Å². The van der Waals surface area contributed by atoms with E-state index in [0.29, 0.717) is 11.8 Å². The zero-order valence-corrected chi connectivity index (χ0v) is 11.6. The molecule has 1 atom stereocenters. The molecule has 0 aromatic carbocycles. The molecule has 1 unspecified atom stereocenters. The summed E-state index contributed by atoms with van der Waals surface area (Å²) in [7, 11) is 0. The average Bonchev–Trinajstić information content (AvgIpc) is 2.59. The third kappa shape index (κ3) is 5.04. The van der Waals surface area contributed by atoms with Crippen LogP contribution in [0.2, 0.25) is 0 Å². The van der Waals surface area contributed by atoms with E-state index in [0.717, 1.165) is 26.2 Å². The fourth-order valence-electron chi connectivity index (χ4n) is 2.23. The molecule has 1 heterocycles. The number of hydrogen-bond donors (Lipinski definition) is 2. The summed E-state index contributed by atoms with van der Waals surface area (Å²) in [4.78, 5) is 14.1. The molecule has 0 bridgehead atoms. The Morgan fingerprint density at radius 1 is 1.53 bits per heavy atom. The molecule has 17 heavy (non-hydrogen) atoms. The third-order valence-corrected chi connectivity index (χ3v) is 3.13.